The van der Waals surface area contributed by atoms with Gasteiger partial charge < -0.3 is 30.0 Å². The summed E-state index contributed by atoms with van der Waals surface area (Å²) in [6.07, 6.45) is 6.92. The van der Waals surface area contributed by atoms with Crippen molar-refractivity contribution in [3.05, 3.63) is 39.5 Å². The summed E-state index contributed by atoms with van der Waals surface area (Å²) in [4.78, 5) is 39.9. The van der Waals surface area contributed by atoms with Crippen LogP contribution in [0.15, 0.2) is 35.9 Å². The number of para-hydroxylation sites is 1. The minimum absolute atomic E-state index is 0.0376. The Bertz CT molecular complexity index is 960. The molecular weight excluding hydrogens is 587 g/mol. The maximum absolute atomic E-state index is 13.7. The van der Waals surface area contributed by atoms with E-state index in [0.717, 1.165) is 42.1 Å². The summed E-state index contributed by atoms with van der Waals surface area (Å²) in [5, 5.41) is 23.5. The molecule has 1 aromatic carbocycles. The van der Waals surface area contributed by atoms with Gasteiger partial charge in [-0.25, -0.2) is 0 Å². The van der Waals surface area contributed by atoms with Crippen LogP contribution >= 0.6 is 22.6 Å². The van der Waals surface area contributed by atoms with Crippen LogP contribution in [0.3, 0.4) is 0 Å². The number of rotatable bonds is 11. The van der Waals surface area contributed by atoms with Gasteiger partial charge in [-0.1, -0.05) is 37.8 Å². The Hall–Kier alpha value is -1.98. The fourth-order valence-electron chi connectivity index (χ4n) is 5.25. The molecule has 3 rings (SSSR count). The van der Waals surface area contributed by atoms with Crippen molar-refractivity contribution < 1.29 is 29.3 Å². The third-order valence-electron chi connectivity index (χ3n) is 7.10. The fourth-order valence-corrected chi connectivity index (χ4v) is 5.76. The predicted molar refractivity (Wildman–Crippen MR) is 149 cm³/mol. The van der Waals surface area contributed by atoms with Crippen molar-refractivity contribution in [3.63, 3.8) is 0 Å². The number of carbonyl (C=O) groups is 3. The Morgan fingerprint density at radius 2 is 1.81 bits per heavy atom. The summed E-state index contributed by atoms with van der Waals surface area (Å²) < 4.78 is 7.09. The van der Waals surface area contributed by atoms with Crippen LogP contribution in [0.1, 0.15) is 71.1 Å². The normalized spacial score (nSPS) is 22.5. The summed E-state index contributed by atoms with van der Waals surface area (Å²) in [5.41, 5.74) is 0.426. The zero-order valence-electron chi connectivity index (χ0n) is 21.5. The van der Waals surface area contributed by atoms with Gasteiger partial charge >= 0.3 is 0 Å². The number of aliphatic hydroxyl groups excluding tert-OH is 2. The van der Waals surface area contributed by atoms with E-state index in [1.165, 1.54) is 6.92 Å². The van der Waals surface area contributed by atoms with Crippen molar-refractivity contribution in [3.8, 4) is 5.75 Å². The van der Waals surface area contributed by atoms with Crippen LogP contribution in [0.2, 0.25) is 0 Å². The van der Waals surface area contributed by atoms with Gasteiger partial charge in [0.25, 0.3) is 0 Å². The van der Waals surface area contributed by atoms with E-state index in [1.807, 2.05) is 29.2 Å². The van der Waals surface area contributed by atoms with E-state index in [4.69, 9.17) is 4.74 Å². The minimum Gasteiger partial charge on any atom is -0.482 e. The van der Waals surface area contributed by atoms with Gasteiger partial charge in [0.1, 0.15) is 23.7 Å². The van der Waals surface area contributed by atoms with Gasteiger partial charge in [-0.2, -0.15) is 0 Å². The Kier molecular flexibility index (Phi) is 11.8. The molecule has 0 heterocycles. The van der Waals surface area contributed by atoms with Crippen LogP contribution in [0.25, 0.3) is 0 Å². The second-order valence-corrected chi connectivity index (χ2v) is 11.1. The number of amides is 2. The maximum Gasteiger partial charge on any atom is 0.247 e. The van der Waals surface area contributed by atoms with Gasteiger partial charge in [0.2, 0.25) is 11.8 Å². The molecule has 0 bridgehead atoms. The first-order valence-electron chi connectivity index (χ1n) is 13.3. The summed E-state index contributed by atoms with van der Waals surface area (Å²) in [6, 6.07) is 6.78. The number of aliphatic hydroxyl groups is 2. The van der Waals surface area contributed by atoms with Gasteiger partial charge in [0, 0.05) is 37.4 Å². The number of ketones is 1. The summed E-state index contributed by atoms with van der Waals surface area (Å²) in [5.74, 6) is 0.200. The summed E-state index contributed by atoms with van der Waals surface area (Å²) in [7, 11) is 0. The van der Waals surface area contributed by atoms with Crippen LogP contribution in [-0.2, 0) is 14.4 Å². The standard InChI is InChI=1S/C28H39IN2O6/c1-19(33)9-8-14-26(34)31(21-10-4-2-3-5-11-21)23-17-20(28(36)30-15-16-32)18-25(27(23)35)37-24-13-7-6-12-22(24)29/h6-7,12-13,18,21,23,25,27,32,35H,2-5,8-11,14-17H2,1H3,(H,30,36). The highest BCUT2D eigenvalue weighted by molar-refractivity contribution is 14.1. The molecular formula is C28H39IN2O6. The molecule has 2 aliphatic carbocycles. The SMILES string of the molecule is CC(=O)CCCC(=O)N(C1CCCCCC1)C1CC(C(=O)NCCO)=CC(Oc2ccccc2I)C1O. The van der Waals surface area contributed by atoms with Crippen LogP contribution in [0.4, 0.5) is 0 Å². The second kappa shape index (κ2) is 14.8. The quantitative estimate of drug-likeness (QED) is 0.256. The zero-order valence-corrected chi connectivity index (χ0v) is 23.7. The molecule has 37 heavy (non-hydrogen) atoms. The van der Waals surface area contributed by atoms with Crippen molar-refractivity contribution in [1.29, 1.82) is 0 Å². The lowest BCUT2D eigenvalue weighted by atomic mass is 9.86. The molecule has 1 fully saturated rings. The van der Waals surface area contributed by atoms with Crippen molar-refractivity contribution in [2.75, 3.05) is 13.2 Å². The smallest absolute Gasteiger partial charge is 0.247 e. The van der Waals surface area contributed by atoms with Crippen molar-refractivity contribution in [2.24, 2.45) is 0 Å². The Morgan fingerprint density at radius 1 is 1.11 bits per heavy atom. The average molecular weight is 627 g/mol. The molecule has 0 aliphatic heterocycles. The largest absolute Gasteiger partial charge is 0.482 e. The topological polar surface area (TPSA) is 116 Å². The molecule has 0 radical (unpaired) electrons. The molecule has 2 amide bonds. The molecule has 0 spiro atoms. The van der Waals surface area contributed by atoms with Gasteiger partial charge in [-0.15, -0.1) is 0 Å². The molecule has 3 atom stereocenters. The van der Waals surface area contributed by atoms with Gasteiger partial charge in [0.05, 0.1) is 16.2 Å². The minimum atomic E-state index is -1.04. The van der Waals surface area contributed by atoms with Gasteiger partial charge in [0.15, 0.2) is 0 Å². The van der Waals surface area contributed by atoms with Crippen LogP contribution in [0.5, 0.6) is 5.75 Å². The number of nitrogens with one attached hydrogen (secondary N) is 1. The third kappa shape index (κ3) is 8.51. The van der Waals surface area contributed by atoms with Crippen LogP contribution in [0, 0.1) is 3.57 Å². The van der Waals surface area contributed by atoms with Crippen molar-refractivity contribution in [1.82, 2.24) is 10.2 Å². The van der Waals surface area contributed by atoms with Crippen molar-refractivity contribution >= 4 is 40.2 Å². The third-order valence-corrected chi connectivity index (χ3v) is 7.99. The highest BCUT2D eigenvalue weighted by Gasteiger charge is 2.42. The summed E-state index contributed by atoms with van der Waals surface area (Å²) in [6.45, 7) is 1.45. The highest BCUT2D eigenvalue weighted by atomic mass is 127. The number of carbonyl (C=O) groups excluding carboxylic acids is 3. The van der Waals surface area contributed by atoms with E-state index in [-0.39, 0.29) is 49.6 Å². The lowest BCUT2D eigenvalue weighted by molar-refractivity contribution is -0.142. The highest BCUT2D eigenvalue weighted by Crippen LogP contribution is 2.33. The first-order valence-corrected chi connectivity index (χ1v) is 14.4. The number of Topliss-reactive ketones (excluding diaryl/α,β-unsaturated/α-hetero) is 1. The molecule has 0 aromatic heterocycles. The van der Waals surface area contributed by atoms with Crippen molar-refractivity contribution in [2.45, 2.75) is 95.4 Å². The van der Waals surface area contributed by atoms with Gasteiger partial charge in [-0.05, 0) is 67.0 Å². The Morgan fingerprint density at radius 3 is 2.46 bits per heavy atom. The average Bonchev–Trinajstić information content (AvgIpc) is 3.15. The molecule has 2 aliphatic rings. The lowest BCUT2D eigenvalue weighted by Gasteiger charge is -2.44. The zero-order chi connectivity index (χ0) is 26.8. The summed E-state index contributed by atoms with van der Waals surface area (Å²) >= 11 is 2.16. The van der Waals surface area contributed by atoms with Crippen LogP contribution in [-0.4, -0.2) is 70.2 Å². The van der Waals surface area contributed by atoms with E-state index in [0.29, 0.717) is 24.2 Å². The number of benzene rings is 1. The van der Waals surface area contributed by atoms with Crippen LogP contribution < -0.4 is 10.1 Å². The fraction of sp³-hybridized carbons (Fsp3) is 0.607. The monoisotopic (exact) mass is 626 g/mol. The number of nitrogens with zero attached hydrogens (tertiary/aromatic N) is 1. The second-order valence-electron chi connectivity index (χ2n) is 9.95. The number of halogens is 1. The van der Waals surface area contributed by atoms with E-state index in [9.17, 15) is 24.6 Å². The Labute approximate surface area is 233 Å². The number of hydrogen-bond acceptors (Lipinski definition) is 6. The molecule has 3 N–H and O–H groups in total. The molecule has 3 unspecified atom stereocenters. The molecule has 1 saturated carbocycles. The first-order chi connectivity index (χ1) is 17.8. The number of hydrogen-bond donors (Lipinski definition) is 3. The van der Waals surface area contributed by atoms with E-state index >= 15 is 0 Å². The van der Waals surface area contributed by atoms with E-state index in [1.54, 1.807) is 6.08 Å². The number of ether oxygens (including phenoxy) is 1. The molecule has 9 heteroatoms. The van der Waals surface area contributed by atoms with Gasteiger partial charge in [-0.3, -0.25) is 9.59 Å². The Balaban J connectivity index is 1.94. The first kappa shape index (κ1) is 29.6. The van der Waals surface area contributed by atoms with E-state index < -0.39 is 18.2 Å². The maximum atomic E-state index is 13.7. The molecule has 204 valence electrons. The molecule has 0 saturated heterocycles. The lowest BCUT2D eigenvalue weighted by Crippen LogP contribution is -2.58. The predicted octanol–water partition coefficient (Wildman–Crippen LogP) is 3.52. The van der Waals surface area contributed by atoms with E-state index in [2.05, 4.69) is 27.9 Å². The molecule has 8 nitrogen and oxygen atoms in total. The molecule has 1 aromatic rings.